The van der Waals surface area contributed by atoms with Crippen LogP contribution in [0.2, 0.25) is 0 Å². The minimum Gasteiger partial charge on any atom is -0.489 e. The van der Waals surface area contributed by atoms with Gasteiger partial charge in [-0.1, -0.05) is 0 Å². The van der Waals surface area contributed by atoms with Crippen LogP contribution in [0.15, 0.2) is 22.7 Å². The molecule has 0 spiro atoms. The van der Waals surface area contributed by atoms with Crippen molar-refractivity contribution < 1.29 is 14.5 Å². The molecule has 1 aromatic rings. The Bertz CT molecular complexity index is 581. The van der Waals surface area contributed by atoms with E-state index < -0.39 is 16.4 Å². The quantitative estimate of drug-likeness (QED) is 0.616. The number of benzene rings is 1. The van der Waals surface area contributed by atoms with E-state index >= 15 is 0 Å². The summed E-state index contributed by atoms with van der Waals surface area (Å²) in [6.07, 6.45) is 1.45. The summed E-state index contributed by atoms with van der Waals surface area (Å²) >= 11 is 3.31. The molecule has 1 saturated carbocycles. The van der Waals surface area contributed by atoms with Crippen LogP contribution in [0.1, 0.15) is 19.3 Å². The number of hydrogen-bond acceptors (Lipinski definition) is 5. The highest BCUT2D eigenvalue weighted by Crippen LogP contribution is 2.36. The lowest BCUT2D eigenvalue weighted by atomic mass is 9.97. The third-order valence-corrected chi connectivity index (χ3v) is 4.49. The molecule has 2 atom stereocenters. The summed E-state index contributed by atoms with van der Waals surface area (Å²) in [4.78, 5) is 21.9. The number of nitrogens with zero attached hydrogens (tertiary/aromatic N) is 1. The molecule has 21 heavy (non-hydrogen) atoms. The molecule has 0 aromatic heterocycles. The number of rotatable bonds is 5. The van der Waals surface area contributed by atoms with Gasteiger partial charge in [0.15, 0.2) is 0 Å². The molecule has 3 N–H and O–H groups in total. The van der Waals surface area contributed by atoms with Crippen molar-refractivity contribution >= 4 is 27.5 Å². The normalized spacial score (nSPS) is 24.8. The number of primary amides is 1. The Morgan fingerprint density at radius 1 is 1.62 bits per heavy atom. The van der Waals surface area contributed by atoms with Crippen LogP contribution in [0, 0.1) is 10.1 Å². The van der Waals surface area contributed by atoms with Gasteiger partial charge in [-0.3, -0.25) is 14.9 Å². The number of carbonyl (C=O) groups is 1. The van der Waals surface area contributed by atoms with Gasteiger partial charge in [0.2, 0.25) is 5.91 Å². The van der Waals surface area contributed by atoms with Crippen LogP contribution in [0.25, 0.3) is 0 Å². The molecule has 0 bridgehead atoms. The van der Waals surface area contributed by atoms with Crippen LogP contribution >= 0.6 is 15.9 Å². The SMILES string of the molecule is CNC1(C(N)=O)CCC(Oc2cc([N+](=O)[O-])ccc2Br)C1. The number of hydrogen-bond donors (Lipinski definition) is 2. The first-order valence-electron chi connectivity index (χ1n) is 6.47. The van der Waals surface area contributed by atoms with Crippen LogP contribution in [0.4, 0.5) is 5.69 Å². The molecule has 114 valence electrons. The number of halogens is 1. The molecule has 0 heterocycles. The van der Waals surface area contributed by atoms with Gasteiger partial charge in [-0.15, -0.1) is 0 Å². The Morgan fingerprint density at radius 3 is 2.86 bits per heavy atom. The highest BCUT2D eigenvalue weighted by molar-refractivity contribution is 9.10. The summed E-state index contributed by atoms with van der Waals surface area (Å²) in [5.74, 6) is -0.0141. The van der Waals surface area contributed by atoms with Crippen molar-refractivity contribution in [3.8, 4) is 5.75 Å². The Morgan fingerprint density at radius 2 is 2.33 bits per heavy atom. The van der Waals surface area contributed by atoms with Gasteiger partial charge in [0.25, 0.3) is 5.69 Å². The molecule has 0 saturated heterocycles. The largest absolute Gasteiger partial charge is 0.489 e. The molecule has 8 heteroatoms. The lowest BCUT2D eigenvalue weighted by Crippen LogP contribution is -2.52. The number of non-ortho nitro benzene ring substituents is 1. The summed E-state index contributed by atoms with van der Waals surface area (Å²) in [6.45, 7) is 0. The second-order valence-corrected chi connectivity index (χ2v) is 5.91. The Hall–Kier alpha value is -1.67. The number of nitrogens with one attached hydrogen (secondary N) is 1. The summed E-state index contributed by atoms with van der Waals surface area (Å²) in [5.41, 5.74) is 4.63. The fourth-order valence-corrected chi connectivity index (χ4v) is 2.89. The van der Waals surface area contributed by atoms with E-state index in [2.05, 4.69) is 21.2 Å². The number of nitrogens with two attached hydrogens (primary N) is 1. The van der Waals surface area contributed by atoms with E-state index in [1.54, 1.807) is 13.1 Å². The van der Waals surface area contributed by atoms with Gasteiger partial charge in [-0.05, 0) is 41.9 Å². The maximum Gasteiger partial charge on any atom is 0.273 e. The van der Waals surface area contributed by atoms with E-state index in [0.717, 1.165) is 0 Å². The van der Waals surface area contributed by atoms with Gasteiger partial charge in [-0.2, -0.15) is 0 Å². The molecular weight excluding hydrogens is 342 g/mol. The molecule has 1 fully saturated rings. The van der Waals surface area contributed by atoms with Crippen LogP contribution in [-0.2, 0) is 4.79 Å². The zero-order valence-corrected chi connectivity index (χ0v) is 13.1. The van der Waals surface area contributed by atoms with Crippen molar-refractivity contribution in [2.45, 2.75) is 30.9 Å². The number of likely N-dealkylation sites (N-methyl/N-ethyl adjacent to an activating group) is 1. The van der Waals surface area contributed by atoms with Crippen molar-refractivity contribution in [1.29, 1.82) is 0 Å². The Balaban J connectivity index is 2.15. The van der Waals surface area contributed by atoms with Crippen LogP contribution in [0.5, 0.6) is 5.75 Å². The van der Waals surface area contributed by atoms with Crippen molar-refractivity contribution in [1.82, 2.24) is 5.32 Å². The minimum absolute atomic E-state index is 0.0408. The van der Waals surface area contributed by atoms with Crippen LogP contribution in [0.3, 0.4) is 0 Å². The lowest BCUT2D eigenvalue weighted by Gasteiger charge is -2.24. The predicted molar refractivity (Wildman–Crippen MR) is 80.0 cm³/mol. The van der Waals surface area contributed by atoms with Crippen molar-refractivity contribution in [2.24, 2.45) is 5.73 Å². The van der Waals surface area contributed by atoms with E-state index in [1.807, 2.05) is 0 Å². The summed E-state index contributed by atoms with van der Waals surface area (Å²) in [7, 11) is 1.69. The fraction of sp³-hybridized carbons (Fsp3) is 0.462. The monoisotopic (exact) mass is 357 g/mol. The average Bonchev–Trinajstić information content (AvgIpc) is 2.85. The van der Waals surface area contributed by atoms with Gasteiger partial charge < -0.3 is 15.8 Å². The molecular formula is C13H16BrN3O4. The maximum absolute atomic E-state index is 11.6. The average molecular weight is 358 g/mol. The first-order valence-corrected chi connectivity index (χ1v) is 7.26. The Kier molecular flexibility index (Phi) is 4.48. The number of amides is 1. The molecule has 1 aliphatic carbocycles. The van der Waals surface area contributed by atoms with Gasteiger partial charge in [0.05, 0.1) is 15.5 Å². The van der Waals surface area contributed by atoms with Gasteiger partial charge in [-0.25, -0.2) is 0 Å². The zero-order valence-electron chi connectivity index (χ0n) is 11.5. The first-order chi connectivity index (χ1) is 9.88. The molecule has 7 nitrogen and oxygen atoms in total. The van der Waals surface area contributed by atoms with E-state index in [0.29, 0.717) is 29.5 Å². The van der Waals surface area contributed by atoms with Crippen LogP contribution in [-0.4, -0.2) is 29.5 Å². The molecule has 1 aromatic carbocycles. The molecule has 1 aliphatic rings. The number of nitro benzene ring substituents is 1. The van der Waals surface area contributed by atoms with Gasteiger partial charge in [0, 0.05) is 12.5 Å². The Labute approximate surface area is 130 Å². The second kappa shape index (κ2) is 5.98. The molecule has 0 radical (unpaired) electrons. The second-order valence-electron chi connectivity index (χ2n) is 5.05. The van der Waals surface area contributed by atoms with E-state index in [9.17, 15) is 14.9 Å². The molecule has 0 aliphatic heterocycles. The van der Waals surface area contributed by atoms with E-state index in [4.69, 9.17) is 10.5 Å². The highest BCUT2D eigenvalue weighted by Gasteiger charge is 2.44. The highest BCUT2D eigenvalue weighted by atomic mass is 79.9. The third kappa shape index (κ3) is 3.16. The van der Waals surface area contributed by atoms with E-state index in [-0.39, 0.29) is 11.8 Å². The van der Waals surface area contributed by atoms with Gasteiger partial charge >= 0.3 is 0 Å². The summed E-state index contributed by atoms with van der Waals surface area (Å²) in [6, 6.07) is 4.34. The first kappa shape index (κ1) is 15.7. The molecule has 2 unspecified atom stereocenters. The molecule has 1 amide bonds. The number of nitro groups is 1. The van der Waals surface area contributed by atoms with Crippen molar-refractivity contribution in [3.63, 3.8) is 0 Å². The summed E-state index contributed by atoms with van der Waals surface area (Å²) in [5, 5.41) is 13.8. The topological polar surface area (TPSA) is 107 Å². The fourth-order valence-electron chi connectivity index (χ4n) is 2.55. The lowest BCUT2D eigenvalue weighted by molar-refractivity contribution is -0.385. The predicted octanol–water partition coefficient (Wildman–Crippen LogP) is 1.73. The maximum atomic E-state index is 11.6. The number of carbonyl (C=O) groups excluding carboxylic acids is 1. The summed E-state index contributed by atoms with van der Waals surface area (Å²) < 4.78 is 6.44. The smallest absolute Gasteiger partial charge is 0.273 e. The zero-order chi connectivity index (χ0) is 15.6. The van der Waals surface area contributed by atoms with E-state index in [1.165, 1.54) is 12.1 Å². The van der Waals surface area contributed by atoms with Gasteiger partial charge in [0.1, 0.15) is 17.4 Å². The van der Waals surface area contributed by atoms with Crippen molar-refractivity contribution in [2.75, 3.05) is 7.05 Å². The third-order valence-electron chi connectivity index (χ3n) is 3.84. The minimum atomic E-state index is -0.766. The van der Waals surface area contributed by atoms with Crippen LogP contribution < -0.4 is 15.8 Å². The molecule has 2 rings (SSSR count). The standard InChI is InChI=1S/C13H16BrN3O4/c1-16-13(12(15)18)5-4-9(7-13)21-11-6-8(17(19)20)2-3-10(11)14/h2-3,6,9,16H,4-5,7H2,1H3,(H2,15,18). The number of ether oxygens (including phenoxy) is 1. The van der Waals surface area contributed by atoms with Crippen molar-refractivity contribution in [3.05, 3.63) is 32.8 Å².